The molecule has 2 aromatic heterocycles. The van der Waals surface area contributed by atoms with Gasteiger partial charge in [0.2, 0.25) is 17.5 Å². The molecule has 2 heterocycles. The highest BCUT2D eigenvalue weighted by atomic mass is 32.1. The molecule has 25 heavy (non-hydrogen) atoms. The third-order valence-electron chi connectivity index (χ3n) is 3.49. The van der Waals surface area contributed by atoms with E-state index in [4.69, 9.17) is 9.26 Å². The number of ketones is 1. The Morgan fingerprint density at radius 2 is 2.00 bits per heavy atom. The summed E-state index contributed by atoms with van der Waals surface area (Å²) in [6.07, 6.45) is -0.499. The number of nitrogens with zero attached hydrogens (tertiary/aromatic N) is 2. The van der Waals surface area contributed by atoms with Crippen LogP contribution in [-0.4, -0.2) is 28.0 Å². The van der Waals surface area contributed by atoms with Crippen molar-refractivity contribution in [3.63, 3.8) is 0 Å². The van der Waals surface area contributed by atoms with E-state index in [2.05, 4.69) is 10.1 Å². The van der Waals surface area contributed by atoms with Crippen LogP contribution in [0.1, 0.15) is 29.6 Å². The second-order valence-corrected chi connectivity index (χ2v) is 6.30. The zero-order valence-electron chi connectivity index (χ0n) is 13.5. The zero-order valence-corrected chi connectivity index (χ0v) is 14.4. The van der Waals surface area contributed by atoms with Crippen molar-refractivity contribution in [3.05, 3.63) is 59.3 Å². The molecule has 1 unspecified atom stereocenters. The first-order valence-corrected chi connectivity index (χ1v) is 8.66. The number of thiophene rings is 1. The molecule has 7 heteroatoms. The molecule has 0 spiro atoms. The molecule has 0 aliphatic rings. The predicted octanol–water partition coefficient (Wildman–Crippen LogP) is 3.55. The van der Waals surface area contributed by atoms with Gasteiger partial charge in [-0.2, -0.15) is 4.98 Å². The Bertz CT molecular complexity index is 843. The molecule has 0 saturated heterocycles. The third kappa shape index (κ3) is 4.39. The maximum Gasteiger partial charge on any atom is 0.307 e. The molecular formula is C18H16N2O4S. The predicted molar refractivity (Wildman–Crippen MR) is 92.3 cm³/mol. The van der Waals surface area contributed by atoms with Crippen LogP contribution in [0.4, 0.5) is 0 Å². The van der Waals surface area contributed by atoms with Gasteiger partial charge in [-0.3, -0.25) is 9.59 Å². The van der Waals surface area contributed by atoms with Crippen molar-refractivity contribution in [2.45, 2.75) is 25.9 Å². The fourth-order valence-corrected chi connectivity index (χ4v) is 2.87. The summed E-state index contributed by atoms with van der Waals surface area (Å²) < 4.78 is 10.3. The quantitative estimate of drug-likeness (QED) is 0.476. The summed E-state index contributed by atoms with van der Waals surface area (Å²) in [6.45, 7) is 1.56. The summed E-state index contributed by atoms with van der Waals surface area (Å²) in [5, 5.41) is 5.81. The monoisotopic (exact) mass is 356 g/mol. The van der Waals surface area contributed by atoms with Crippen LogP contribution >= 0.6 is 11.3 Å². The van der Waals surface area contributed by atoms with E-state index in [0.717, 1.165) is 4.88 Å². The van der Waals surface area contributed by atoms with Crippen molar-refractivity contribution in [1.29, 1.82) is 0 Å². The molecule has 0 aliphatic heterocycles. The van der Waals surface area contributed by atoms with Gasteiger partial charge in [0.1, 0.15) is 0 Å². The number of rotatable bonds is 7. The van der Waals surface area contributed by atoms with Crippen LogP contribution in [0.25, 0.3) is 10.7 Å². The molecule has 128 valence electrons. The molecule has 0 bridgehead atoms. The van der Waals surface area contributed by atoms with Crippen LogP contribution in [0.3, 0.4) is 0 Å². The lowest BCUT2D eigenvalue weighted by molar-refractivity contribution is -0.146. The van der Waals surface area contributed by atoms with E-state index in [-0.39, 0.29) is 18.6 Å². The largest absolute Gasteiger partial charge is 0.454 e. The van der Waals surface area contributed by atoms with Gasteiger partial charge in [0.05, 0.1) is 11.3 Å². The molecule has 1 atom stereocenters. The lowest BCUT2D eigenvalue weighted by Crippen LogP contribution is -2.24. The van der Waals surface area contributed by atoms with E-state index in [9.17, 15) is 9.59 Å². The van der Waals surface area contributed by atoms with Crippen molar-refractivity contribution in [2.24, 2.45) is 0 Å². The first-order valence-electron chi connectivity index (χ1n) is 7.78. The van der Waals surface area contributed by atoms with Crippen LogP contribution in [0.5, 0.6) is 0 Å². The number of esters is 1. The highest BCUT2D eigenvalue weighted by Crippen LogP contribution is 2.21. The van der Waals surface area contributed by atoms with Crippen molar-refractivity contribution in [2.75, 3.05) is 0 Å². The molecule has 6 nitrogen and oxygen atoms in total. The Morgan fingerprint density at radius 3 is 2.72 bits per heavy atom. The van der Waals surface area contributed by atoms with Gasteiger partial charge in [0.25, 0.3) is 0 Å². The van der Waals surface area contributed by atoms with Gasteiger partial charge in [0, 0.05) is 12.0 Å². The first kappa shape index (κ1) is 17.0. The molecule has 3 aromatic rings. The second kappa shape index (κ2) is 7.85. The van der Waals surface area contributed by atoms with Crippen LogP contribution in [0, 0.1) is 0 Å². The normalized spacial score (nSPS) is 11.9. The molecule has 3 rings (SSSR count). The molecular weight excluding hydrogens is 340 g/mol. The number of hydrogen-bond acceptors (Lipinski definition) is 7. The first-order chi connectivity index (χ1) is 12.1. The highest BCUT2D eigenvalue weighted by Gasteiger charge is 2.20. The van der Waals surface area contributed by atoms with Gasteiger partial charge in [-0.1, -0.05) is 41.6 Å². The number of carbonyl (C=O) groups excluding carboxylic acids is 2. The average molecular weight is 356 g/mol. The van der Waals surface area contributed by atoms with E-state index < -0.39 is 12.1 Å². The SMILES string of the molecule is CC(OC(=O)CCc1nc(-c2cccs2)no1)C(=O)c1ccccc1. The van der Waals surface area contributed by atoms with E-state index in [1.54, 1.807) is 31.2 Å². The maximum atomic E-state index is 12.2. The lowest BCUT2D eigenvalue weighted by Gasteiger charge is -2.11. The van der Waals surface area contributed by atoms with E-state index >= 15 is 0 Å². The van der Waals surface area contributed by atoms with E-state index in [1.165, 1.54) is 11.3 Å². The maximum absolute atomic E-state index is 12.2. The fourth-order valence-electron chi connectivity index (χ4n) is 2.22. The van der Waals surface area contributed by atoms with E-state index in [0.29, 0.717) is 17.3 Å². The molecule has 0 amide bonds. The van der Waals surface area contributed by atoms with Gasteiger partial charge in [-0.05, 0) is 18.4 Å². The van der Waals surface area contributed by atoms with Crippen molar-refractivity contribution in [3.8, 4) is 10.7 Å². The lowest BCUT2D eigenvalue weighted by atomic mass is 10.1. The van der Waals surface area contributed by atoms with Gasteiger partial charge < -0.3 is 9.26 Å². The minimum absolute atomic E-state index is 0.0679. The molecule has 0 radical (unpaired) electrons. The van der Waals surface area contributed by atoms with Crippen LogP contribution < -0.4 is 0 Å². The minimum atomic E-state index is -0.834. The number of ether oxygens (including phenoxy) is 1. The van der Waals surface area contributed by atoms with Crippen molar-refractivity contribution in [1.82, 2.24) is 10.1 Å². The topological polar surface area (TPSA) is 82.3 Å². The van der Waals surface area contributed by atoms with Gasteiger partial charge in [0.15, 0.2) is 6.10 Å². The zero-order chi connectivity index (χ0) is 17.6. The summed E-state index contributed by atoms with van der Waals surface area (Å²) in [5.41, 5.74) is 0.514. The number of Topliss-reactive ketones (excluding diaryl/α,β-unsaturated/α-hetero) is 1. The van der Waals surface area contributed by atoms with Crippen LogP contribution in [-0.2, 0) is 16.0 Å². The number of aromatic nitrogens is 2. The number of hydrogen-bond donors (Lipinski definition) is 0. The number of aryl methyl sites for hydroxylation is 1. The highest BCUT2D eigenvalue weighted by molar-refractivity contribution is 7.13. The number of carbonyl (C=O) groups is 2. The van der Waals surface area contributed by atoms with Gasteiger partial charge in [-0.25, -0.2) is 0 Å². The summed E-state index contributed by atoms with van der Waals surface area (Å²) in [7, 11) is 0. The van der Waals surface area contributed by atoms with Crippen molar-refractivity contribution < 1.29 is 18.8 Å². The Hall–Kier alpha value is -2.80. The summed E-state index contributed by atoms with van der Waals surface area (Å²) in [4.78, 5) is 29.3. The summed E-state index contributed by atoms with van der Waals surface area (Å²) in [5.74, 6) is 0.160. The standard InChI is InChI=1S/C18H16N2O4S/c1-12(17(22)13-6-3-2-4-7-13)23-16(21)10-9-15-19-18(20-24-15)14-8-5-11-25-14/h2-8,11-12H,9-10H2,1H3. The Morgan fingerprint density at radius 1 is 1.20 bits per heavy atom. The fraction of sp³-hybridized carbons (Fsp3) is 0.222. The molecule has 0 fully saturated rings. The summed E-state index contributed by atoms with van der Waals surface area (Å²) >= 11 is 1.51. The number of benzene rings is 1. The molecule has 1 aromatic carbocycles. The van der Waals surface area contributed by atoms with Crippen molar-refractivity contribution >= 4 is 23.1 Å². The molecule has 0 saturated carbocycles. The Kier molecular flexibility index (Phi) is 5.35. The molecule has 0 N–H and O–H groups in total. The van der Waals surface area contributed by atoms with E-state index in [1.807, 2.05) is 23.6 Å². The second-order valence-electron chi connectivity index (χ2n) is 5.35. The Balaban J connectivity index is 1.50. The van der Waals surface area contributed by atoms with Gasteiger partial charge >= 0.3 is 5.97 Å². The smallest absolute Gasteiger partial charge is 0.307 e. The molecule has 0 aliphatic carbocycles. The Labute approximate surface area is 148 Å². The minimum Gasteiger partial charge on any atom is -0.454 e. The van der Waals surface area contributed by atoms with Gasteiger partial charge in [-0.15, -0.1) is 11.3 Å². The van der Waals surface area contributed by atoms with Crippen LogP contribution in [0.15, 0.2) is 52.4 Å². The third-order valence-corrected chi connectivity index (χ3v) is 4.35. The summed E-state index contributed by atoms with van der Waals surface area (Å²) in [6, 6.07) is 12.5. The average Bonchev–Trinajstić information content (AvgIpc) is 3.31. The van der Waals surface area contributed by atoms with Crippen LogP contribution in [0.2, 0.25) is 0 Å².